The first-order valence-electron chi connectivity index (χ1n) is 6.74. The van der Waals surface area contributed by atoms with Crippen molar-refractivity contribution >= 4 is 11.4 Å². The second-order valence-corrected chi connectivity index (χ2v) is 5.18. The quantitative estimate of drug-likeness (QED) is 0.504. The van der Waals surface area contributed by atoms with Crippen molar-refractivity contribution in [1.29, 1.82) is 0 Å². The number of hydrogen-bond donors (Lipinski definition) is 4. The van der Waals surface area contributed by atoms with Crippen LogP contribution >= 0.6 is 0 Å². The molecule has 0 aromatic heterocycles. The zero-order valence-corrected chi connectivity index (χ0v) is 11.7. The fraction of sp³-hybridized carbons (Fsp3) is 0.250. The zero-order valence-electron chi connectivity index (χ0n) is 11.7. The van der Waals surface area contributed by atoms with Crippen LogP contribution in [-0.4, -0.2) is 0 Å². The minimum absolute atomic E-state index is 0.00623. The van der Waals surface area contributed by atoms with E-state index in [1.165, 1.54) is 0 Å². The standard InChI is InChI=1S/C16H22N4/c1-2-15(11-3-7-13(17)8-4-11)16(19,20)12-5-9-14(18)10-6-12/h3-10,15H,2,17-20H2,1H3. The van der Waals surface area contributed by atoms with Crippen LogP contribution in [0, 0.1) is 0 Å². The molecule has 0 aliphatic carbocycles. The molecule has 0 heterocycles. The normalized spacial score (nSPS) is 13.2. The summed E-state index contributed by atoms with van der Waals surface area (Å²) in [5, 5.41) is 0. The predicted octanol–water partition coefficient (Wildman–Crippen LogP) is 2.11. The van der Waals surface area contributed by atoms with Crippen molar-refractivity contribution < 1.29 is 0 Å². The third-order valence-corrected chi connectivity index (χ3v) is 3.73. The molecule has 4 heteroatoms. The molecule has 20 heavy (non-hydrogen) atoms. The average molecular weight is 270 g/mol. The summed E-state index contributed by atoms with van der Waals surface area (Å²) >= 11 is 0. The van der Waals surface area contributed by atoms with Crippen molar-refractivity contribution in [2.24, 2.45) is 11.5 Å². The fourth-order valence-corrected chi connectivity index (χ4v) is 2.55. The van der Waals surface area contributed by atoms with Gasteiger partial charge >= 0.3 is 0 Å². The van der Waals surface area contributed by atoms with Gasteiger partial charge in [0, 0.05) is 17.3 Å². The van der Waals surface area contributed by atoms with Gasteiger partial charge in [0.15, 0.2) is 0 Å². The first-order valence-corrected chi connectivity index (χ1v) is 6.74. The van der Waals surface area contributed by atoms with Gasteiger partial charge in [-0.05, 0) is 41.8 Å². The Hall–Kier alpha value is -2.04. The predicted molar refractivity (Wildman–Crippen MR) is 84.8 cm³/mol. The molecule has 0 radical (unpaired) electrons. The van der Waals surface area contributed by atoms with Gasteiger partial charge in [0.05, 0.1) is 5.66 Å². The average Bonchev–Trinajstić information content (AvgIpc) is 2.42. The summed E-state index contributed by atoms with van der Waals surface area (Å²) in [4.78, 5) is 0. The minimum atomic E-state index is -0.946. The molecule has 0 amide bonds. The van der Waals surface area contributed by atoms with Crippen molar-refractivity contribution in [2.75, 3.05) is 11.5 Å². The van der Waals surface area contributed by atoms with E-state index in [0.29, 0.717) is 5.69 Å². The third kappa shape index (κ3) is 2.76. The summed E-state index contributed by atoms with van der Waals surface area (Å²) in [7, 11) is 0. The fourth-order valence-electron chi connectivity index (χ4n) is 2.55. The van der Waals surface area contributed by atoms with E-state index in [1.807, 2.05) is 48.5 Å². The van der Waals surface area contributed by atoms with Gasteiger partial charge in [0.25, 0.3) is 0 Å². The number of nitrogen functional groups attached to an aromatic ring is 2. The summed E-state index contributed by atoms with van der Waals surface area (Å²) in [6.45, 7) is 2.08. The van der Waals surface area contributed by atoms with Crippen LogP contribution in [0.5, 0.6) is 0 Å². The highest BCUT2D eigenvalue weighted by Gasteiger charge is 2.32. The molecular formula is C16H22N4. The van der Waals surface area contributed by atoms with Gasteiger partial charge in [-0.2, -0.15) is 0 Å². The summed E-state index contributed by atoms with van der Waals surface area (Å²) < 4.78 is 0. The third-order valence-electron chi connectivity index (χ3n) is 3.73. The molecule has 8 N–H and O–H groups in total. The van der Waals surface area contributed by atoms with Gasteiger partial charge in [-0.1, -0.05) is 31.2 Å². The van der Waals surface area contributed by atoms with Gasteiger partial charge in [-0.3, -0.25) is 0 Å². The molecule has 0 aliphatic heterocycles. The molecule has 1 unspecified atom stereocenters. The number of benzene rings is 2. The number of nitrogens with two attached hydrogens (primary N) is 4. The summed E-state index contributed by atoms with van der Waals surface area (Å²) in [6, 6.07) is 15.1. The largest absolute Gasteiger partial charge is 0.399 e. The monoisotopic (exact) mass is 270 g/mol. The van der Waals surface area contributed by atoms with Crippen LogP contribution in [0.3, 0.4) is 0 Å². The lowest BCUT2D eigenvalue weighted by molar-refractivity contribution is 0.357. The molecule has 2 aromatic rings. The Labute approximate surface area is 119 Å². The van der Waals surface area contributed by atoms with Crippen molar-refractivity contribution in [3.63, 3.8) is 0 Å². The van der Waals surface area contributed by atoms with Gasteiger partial charge in [0.1, 0.15) is 0 Å². The van der Waals surface area contributed by atoms with E-state index >= 15 is 0 Å². The lowest BCUT2D eigenvalue weighted by Gasteiger charge is -2.34. The molecule has 0 saturated carbocycles. The molecule has 0 aliphatic rings. The van der Waals surface area contributed by atoms with Crippen LogP contribution < -0.4 is 22.9 Å². The summed E-state index contributed by atoms with van der Waals surface area (Å²) in [6.07, 6.45) is 0.835. The highest BCUT2D eigenvalue weighted by Crippen LogP contribution is 2.34. The zero-order chi connectivity index (χ0) is 14.8. The van der Waals surface area contributed by atoms with Crippen LogP contribution in [-0.2, 0) is 5.66 Å². The van der Waals surface area contributed by atoms with Crippen LogP contribution in [0.15, 0.2) is 48.5 Å². The van der Waals surface area contributed by atoms with Crippen molar-refractivity contribution in [1.82, 2.24) is 0 Å². The maximum absolute atomic E-state index is 6.42. The smallest absolute Gasteiger partial charge is 0.0969 e. The van der Waals surface area contributed by atoms with E-state index in [-0.39, 0.29) is 5.92 Å². The molecule has 0 fully saturated rings. The van der Waals surface area contributed by atoms with E-state index in [2.05, 4.69) is 6.92 Å². The van der Waals surface area contributed by atoms with Crippen molar-refractivity contribution in [3.8, 4) is 0 Å². The molecular weight excluding hydrogens is 248 g/mol. The molecule has 4 nitrogen and oxygen atoms in total. The van der Waals surface area contributed by atoms with Gasteiger partial charge in [-0.25, -0.2) is 0 Å². The number of anilines is 2. The van der Waals surface area contributed by atoms with E-state index in [4.69, 9.17) is 22.9 Å². The van der Waals surface area contributed by atoms with Crippen LogP contribution in [0.4, 0.5) is 11.4 Å². The highest BCUT2D eigenvalue weighted by molar-refractivity contribution is 5.44. The Bertz CT molecular complexity index is 558. The van der Waals surface area contributed by atoms with Gasteiger partial charge in [0.2, 0.25) is 0 Å². The second kappa shape index (κ2) is 5.53. The lowest BCUT2D eigenvalue weighted by atomic mass is 9.80. The van der Waals surface area contributed by atoms with Crippen molar-refractivity contribution in [2.45, 2.75) is 24.9 Å². The molecule has 1 atom stereocenters. The van der Waals surface area contributed by atoms with Crippen LogP contribution in [0.1, 0.15) is 30.4 Å². The molecule has 2 rings (SSSR count). The van der Waals surface area contributed by atoms with Crippen molar-refractivity contribution in [3.05, 3.63) is 59.7 Å². The molecule has 0 saturated heterocycles. The first kappa shape index (κ1) is 14.4. The highest BCUT2D eigenvalue weighted by atomic mass is 15.0. The molecule has 0 bridgehead atoms. The second-order valence-electron chi connectivity index (χ2n) is 5.18. The maximum atomic E-state index is 6.42. The maximum Gasteiger partial charge on any atom is 0.0969 e. The Balaban J connectivity index is 2.38. The first-order chi connectivity index (χ1) is 9.45. The summed E-state index contributed by atoms with van der Waals surface area (Å²) in [5.41, 5.74) is 26.7. The van der Waals surface area contributed by atoms with E-state index in [9.17, 15) is 0 Å². The van der Waals surface area contributed by atoms with Crippen LogP contribution in [0.2, 0.25) is 0 Å². The van der Waals surface area contributed by atoms with Gasteiger partial charge < -0.3 is 22.9 Å². The molecule has 0 spiro atoms. The SMILES string of the molecule is CCC(c1ccc(N)cc1)C(N)(N)c1ccc(N)cc1. The summed E-state index contributed by atoms with van der Waals surface area (Å²) in [5.74, 6) is 0.00623. The Morgan fingerprint density at radius 3 is 1.75 bits per heavy atom. The van der Waals surface area contributed by atoms with E-state index < -0.39 is 5.66 Å². The topological polar surface area (TPSA) is 104 Å². The Kier molecular flexibility index (Phi) is 3.97. The Morgan fingerprint density at radius 2 is 1.30 bits per heavy atom. The minimum Gasteiger partial charge on any atom is -0.399 e. The van der Waals surface area contributed by atoms with Crippen LogP contribution in [0.25, 0.3) is 0 Å². The lowest BCUT2D eigenvalue weighted by Crippen LogP contribution is -2.51. The van der Waals surface area contributed by atoms with Gasteiger partial charge in [-0.15, -0.1) is 0 Å². The number of hydrogen-bond acceptors (Lipinski definition) is 4. The molecule has 2 aromatic carbocycles. The van der Waals surface area contributed by atoms with E-state index in [0.717, 1.165) is 23.2 Å². The Morgan fingerprint density at radius 1 is 0.850 bits per heavy atom. The number of rotatable bonds is 4. The molecule has 106 valence electrons. The van der Waals surface area contributed by atoms with E-state index in [1.54, 1.807) is 0 Å².